The van der Waals surface area contributed by atoms with E-state index in [-0.39, 0.29) is 5.78 Å². The maximum absolute atomic E-state index is 12.2. The van der Waals surface area contributed by atoms with Crippen molar-refractivity contribution in [2.24, 2.45) is 0 Å². The molecule has 5 nitrogen and oxygen atoms in total. The van der Waals surface area contributed by atoms with Crippen molar-refractivity contribution in [1.82, 2.24) is 0 Å². The molecule has 0 atom stereocenters. The third-order valence-electron chi connectivity index (χ3n) is 4.56. The number of benzene rings is 2. The van der Waals surface area contributed by atoms with E-state index in [1.54, 1.807) is 27.4 Å². The van der Waals surface area contributed by atoms with Crippen molar-refractivity contribution < 1.29 is 23.7 Å². The van der Waals surface area contributed by atoms with E-state index in [2.05, 4.69) is 0 Å². The molecule has 0 unspecified atom stereocenters. The Bertz CT molecular complexity index is 837. The summed E-state index contributed by atoms with van der Waals surface area (Å²) in [6.07, 6.45) is 4.02. The van der Waals surface area contributed by atoms with Gasteiger partial charge in [0.25, 0.3) is 0 Å². The number of ketones is 1. The molecule has 2 aromatic carbocycles. The summed E-state index contributed by atoms with van der Waals surface area (Å²) < 4.78 is 22.4. The van der Waals surface area contributed by atoms with Crippen molar-refractivity contribution in [2.45, 2.75) is 25.7 Å². The van der Waals surface area contributed by atoms with Crippen molar-refractivity contribution in [3.05, 3.63) is 59.4 Å². The molecule has 27 heavy (non-hydrogen) atoms. The summed E-state index contributed by atoms with van der Waals surface area (Å²) in [5.74, 6) is 3.18. The summed E-state index contributed by atoms with van der Waals surface area (Å²) >= 11 is 0. The standard InChI is InChI=1S/C22H24O5/c1-24-19-11-7-16-12-20(25-2)22(26-3)21(13-16)27-18-9-5-15(6-10-18)4-8-17(23)14-19/h5-6,9-10,12-14H,4,7-8,11H2,1-3H3. The van der Waals surface area contributed by atoms with Crippen molar-refractivity contribution in [2.75, 3.05) is 21.3 Å². The van der Waals surface area contributed by atoms with Crippen LogP contribution in [0.25, 0.3) is 0 Å². The predicted molar refractivity (Wildman–Crippen MR) is 103 cm³/mol. The molecule has 0 spiro atoms. The number of carbonyl (C=O) groups excluding carboxylic acids is 1. The molecule has 4 bridgehead atoms. The lowest BCUT2D eigenvalue weighted by molar-refractivity contribution is -0.114. The Labute approximate surface area is 159 Å². The number of ether oxygens (including phenoxy) is 4. The highest BCUT2D eigenvalue weighted by molar-refractivity contribution is 5.90. The quantitative estimate of drug-likeness (QED) is 0.800. The Morgan fingerprint density at radius 1 is 0.815 bits per heavy atom. The Morgan fingerprint density at radius 3 is 2.22 bits per heavy atom. The van der Waals surface area contributed by atoms with Gasteiger partial charge in [0.2, 0.25) is 5.75 Å². The fourth-order valence-electron chi connectivity index (χ4n) is 3.08. The minimum atomic E-state index is 0.0649. The first-order valence-electron chi connectivity index (χ1n) is 8.92. The SMILES string of the molecule is COC1=CC(=O)CCc2ccc(cc2)Oc2cc(cc(OC)c2OC)CC1. The maximum Gasteiger partial charge on any atom is 0.203 e. The van der Waals surface area contributed by atoms with Crippen molar-refractivity contribution >= 4 is 5.78 Å². The van der Waals surface area contributed by atoms with Crippen LogP contribution in [0.5, 0.6) is 23.0 Å². The Balaban J connectivity index is 2.05. The molecule has 0 aliphatic carbocycles. The first-order valence-corrected chi connectivity index (χ1v) is 8.92. The van der Waals surface area contributed by atoms with Gasteiger partial charge in [-0.1, -0.05) is 12.1 Å². The van der Waals surface area contributed by atoms with Gasteiger partial charge in [0.15, 0.2) is 17.3 Å². The third kappa shape index (κ3) is 4.61. The second-order valence-electron chi connectivity index (χ2n) is 6.36. The zero-order valence-electron chi connectivity index (χ0n) is 15.9. The normalized spacial score (nSPS) is 14.5. The van der Waals surface area contributed by atoms with Gasteiger partial charge < -0.3 is 18.9 Å². The molecule has 0 amide bonds. The molecule has 142 valence electrons. The summed E-state index contributed by atoms with van der Waals surface area (Å²) in [6.45, 7) is 0. The average Bonchev–Trinajstić information content (AvgIpc) is 2.70. The Hall–Kier alpha value is -2.95. The lowest BCUT2D eigenvalue weighted by Crippen LogP contribution is -2.01. The molecule has 2 aromatic rings. The van der Waals surface area contributed by atoms with Crippen LogP contribution in [-0.4, -0.2) is 27.1 Å². The molecule has 5 heteroatoms. The van der Waals surface area contributed by atoms with Crippen LogP contribution in [0.1, 0.15) is 24.0 Å². The molecule has 0 N–H and O–H groups in total. The van der Waals surface area contributed by atoms with Gasteiger partial charge in [-0.2, -0.15) is 0 Å². The molecule has 2 heterocycles. The van der Waals surface area contributed by atoms with E-state index in [4.69, 9.17) is 18.9 Å². The van der Waals surface area contributed by atoms with Gasteiger partial charge in [-0.25, -0.2) is 0 Å². The lowest BCUT2D eigenvalue weighted by Gasteiger charge is -2.16. The van der Waals surface area contributed by atoms with E-state index in [1.165, 1.54) is 0 Å². The average molecular weight is 368 g/mol. The second-order valence-corrected chi connectivity index (χ2v) is 6.36. The third-order valence-corrected chi connectivity index (χ3v) is 4.56. The number of rotatable bonds is 3. The zero-order valence-corrected chi connectivity index (χ0v) is 15.9. The van der Waals surface area contributed by atoms with E-state index in [9.17, 15) is 4.79 Å². The van der Waals surface area contributed by atoms with Gasteiger partial charge in [0.1, 0.15) is 5.75 Å². The van der Waals surface area contributed by atoms with Gasteiger partial charge in [0, 0.05) is 18.9 Å². The van der Waals surface area contributed by atoms with Crippen LogP contribution in [0.15, 0.2) is 48.2 Å². The Kier molecular flexibility index (Phi) is 6.01. The summed E-state index contributed by atoms with van der Waals surface area (Å²) in [6, 6.07) is 11.6. The van der Waals surface area contributed by atoms with Crippen LogP contribution < -0.4 is 14.2 Å². The number of methoxy groups -OCH3 is 3. The zero-order chi connectivity index (χ0) is 19.2. The molecule has 0 saturated carbocycles. The number of hydrogen-bond acceptors (Lipinski definition) is 5. The van der Waals surface area contributed by atoms with Crippen LogP contribution in [-0.2, 0) is 22.4 Å². The second kappa shape index (κ2) is 8.62. The molecule has 0 radical (unpaired) electrons. The van der Waals surface area contributed by atoms with Gasteiger partial charge in [-0.3, -0.25) is 4.79 Å². The van der Waals surface area contributed by atoms with Crippen molar-refractivity contribution in [1.29, 1.82) is 0 Å². The highest BCUT2D eigenvalue weighted by Crippen LogP contribution is 2.41. The summed E-state index contributed by atoms with van der Waals surface area (Å²) in [5, 5.41) is 0. The van der Waals surface area contributed by atoms with E-state index < -0.39 is 0 Å². The van der Waals surface area contributed by atoms with E-state index >= 15 is 0 Å². The van der Waals surface area contributed by atoms with Crippen molar-refractivity contribution in [3.63, 3.8) is 0 Å². The van der Waals surface area contributed by atoms with Gasteiger partial charge in [-0.15, -0.1) is 0 Å². The van der Waals surface area contributed by atoms with E-state index in [1.807, 2.05) is 36.4 Å². The molecule has 0 fully saturated rings. The molecule has 2 aliphatic heterocycles. The first-order chi connectivity index (χ1) is 13.1. The van der Waals surface area contributed by atoms with Crippen LogP contribution in [0.4, 0.5) is 0 Å². The molecule has 0 aromatic heterocycles. The van der Waals surface area contributed by atoms with Crippen LogP contribution in [0.2, 0.25) is 0 Å². The molecular weight excluding hydrogens is 344 g/mol. The van der Waals surface area contributed by atoms with Crippen LogP contribution in [0.3, 0.4) is 0 Å². The van der Waals surface area contributed by atoms with Gasteiger partial charge in [-0.05, 0) is 48.2 Å². The van der Waals surface area contributed by atoms with Gasteiger partial charge in [0.05, 0.1) is 27.1 Å². The molecule has 4 rings (SSSR count). The van der Waals surface area contributed by atoms with E-state index in [0.29, 0.717) is 54.4 Å². The number of hydrogen-bond donors (Lipinski definition) is 0. The van der Waals surface area contributed by atoms with E-state index in [0.717, 1.165) is 11.1 Å². The Morgan fingerprint density at radius 2 is 1.56 bits per heavy atom. The summed E-state index contributed by atoms with van der Waals surface area (Å²) in [5.41, 5.74) is 2.08. The summed E-state index contributed by atoms with van der Waals surface area (Å²) in [4.78, 5) is 12.2. The number of fused-ring (bicyclic) bond motifs is 7. The molecular formula is C22H24O5. The monoisotopic (exact) mass is 368 g/mol. The van der Waals surface area contributed by atoms with Crippen LogP contribution in [0, 0.1) is 0 Å². The fraction of sp³-hybridized carbons (Fsp3) is 0.318. The van der Waals surface area contributed by atoms with Gasteiger partial charge >= 0.3 is 0 Å². The maximum atomic E-state index is 12.2. The number of carbonyl (C=O) groups is 1. The highest BCUT2D eigenvalue weighted by Gasteiger charge is 2.16. The minimum Gasteiger partial charge on any atom is -0.501 e. The smallest absolute Gasteiger partial charge is 0.203 e. The highest BCUT2D eigenvalue weighted by atomic mass is 16.5. The number of aryl methyl sites for hydroxylation is 2. The first kappa shape index (κ1) is 18.8. The summed E-state index contributed by atoms with van der Waals surface area (Å²) in [7, 11) is 4.78. The molecule has 0 saturated heterocycles. The topological polar surface area (TPSA) is 54.0 Å². The van der Waals surface area contributed by atoms with Crippen molar-refractivity contribution in [3.8, 4) is 23.0 Å². The minimum absolute atomic E-state index is 0.0649. The molecule has 2 aliphatic rings. The predicted octanol–water partition coefficient (Wildman–Crippen LogP) is 4.47. The van der Waals surface area contributed by atoms with Crippen LogP contribution >= 0.6 is 0 Å². The largest absolute Gasteiger partial charge is 0.501 e. The lowest BCUT2D eigenvalue weighted by atomic mass is 10.1. The number of allylic oxidation sites excluding steroid dienone is 2. The fourth-order valence-corrected chi connectivity index (χ4v) is 3.08.